The minimum absolute atomic E-state index is 0.0112. The van der Waals surface area contributed by atoms with Crippen LogP contribution in [-0.2, 0) is 25.7 Å². The molecule has 4 rings (SSSR count). The van der Waals surface area contributed by atoms with Crippen LogP contribution in [0.5, 0.6) is 5.75 Å². The number of para-hydroxylation sites is 1. The van der Waals surface area contributed by atoms with Gasteiger partial charge in [0.15, 0.2) is 0 Å². The molecule has 11 nitrogen and oxygen atoms in total. The molecular weight excluding hydrogens is 526 g/mol. The van der Waals surface area contributed by atoms with E-state index in [0.29, 0.717) is 38.5 Å². The average Bonchev–Trinajstić information content (AvgIpc) is 3.00. The number of amides is 4. The second-order valence-corrected chi connectivity index (χ2v) is 10.2. The second kappa shape index (κ2) is 15.2. The summed E-state index contributed by atoms with van der Waals surface area (Å²) in [4.78, 5) is 58.7. The molecule has 2 aromatic rings. The van der Waals surface area contributed by atoms with Crippen LogP contribution in [0, 0.1) is 0 Å². The number of rotatable bonds is 6. The number of nitrogens with one attached hydrogen (secondary N) is 2. The highest BCUT2D eigenvalue weighted by Gasteiger charge is 2.31. The minimum atomic E-state index is -0.914. The summed E-state index contributed by atoms with van der Waals surface area (Å²) in [5.41, 5.74) is 1.17. The molecule has 2 N–H and O–H groups in total. The molecule has 2 aliphatic heterocycles. The van der Waals surface area contributed by atoms with E-state index >= 15 is 0 Å². The van der Waals surface area contributed by atoms with Crippen LogP contribution in [0.4, 0.5) is 0 Å². The largest absolute Gasteiger partial charge is 0.491 e. The van der Waals surface area contributed by atoms with Crippen LogP contribution in [0.1, 0.15) is 28.8 Å². The van der Waals surface area contributed by atoms with Gasteiger partial charge in [-0.05, 0) is 24.1 Å². The zero-order valence-corrected chi connectivity index (χ0v) is 23.5. The van der Waals surface area contributed by atoms with E-state index in [-0.39, 0.29) is 62.4 Å². The monoisotopic (exact) mass is 565 g/mol. The summed E-state index contributed by atoms with van der Waals surface area (Å²) in [7, 11) is 1.66. The van der Waals surface area contributed by atoms with Crippen LogP contribution in [-0.4, -0.2) is 111 Å². The van der Waals surface area contributed by atoms with E-state index < -0.39 is 11.9 Å². The number of carbonyl (C=O) groups is 4. The van der Waals surface area contributed by atoms with Crippen molar-refractivity contribution in [1.29, 1.82) is 0 Å². The Hall–Kier alpha value is -3.96. The number of hydrogen-bond acceptors (Lipinski definition) is 7. The zero-order chi connectivity index (χ0) is 29.0. The van der Waals surface area contributed by atoms with Crippen molar-refractivity contribution in [2.24, 2.45) is 0 Å². The van der Waals surface area contributed by atoms with Crippen molar-refractivity contribution in [2.75, 3.05) is 66.1 Å². The van der Waals surface area contributed by atoms with E-state index in [2.05, 4.69) is 15.5 Å². The summed E-state index contributed by atoms with van der Waals surface area (Å²) in [6, 6.07) is 15.3. The summed E-state index contributed by atoms with van der Waals surface area (Å²) in [5, 5.41) is 5.67. The third-order valence-electron chi connectivity index (χ3n) is 7.26. The third-order valence-corrected chi connectivity index (χ3v) is 7.26. The third kappa shape index (κ3) is 8.76. The van der Waals surface area contributed by atoms with Gasteiger partial charge in [-0.3, -0.25) is 24.1 Å². The molecule has 1 atom stereocenters. The van der Waals surface area contributed by atoms with Crippen LogP contribution in [0.3, 0.4) is 0 Å². The van der Waals surface area contributed by atoms with Gasteiger partial charge in [-0.1, -0.05) is 42.5 Å². The van der Waals surface area contributed by atoms with E-state index in [1.165, 1.54) is 4.90 Å². The fraction of sp³-hybridized carbons (Fsp3) is 0.467. The molecule has 1 fully saturated rings. The van der Waals surface area contributed by atoms with E-state index in [1.54, 1.807) is 36.3 Å². The van der Waals surface area contributed by atoms with Gasteiger partial charge in [-0.2, -0.15) is 0 Å². The van der Waals surface area contributed by atoms with Crippen molar-refractivity contribution in [3.05, 3.63) is 65.7 Å². The van der Waals surface area contributed by atoms with Crippen LogP contribution in [0.15, 0.2) is 54.6 Å². The average molecular weight is 566 g/mol. The number of hydrogen-bond donors (Lipinski definition) is 2. The first-order valence-electron chi connectivity index (χ1n) is 14.1. The number of nitrogens with zero attached hydrogens (tertiary/aromatic N) is 3. The van der Waals surface area contributed by atoms with E-state index in [9.17, 15) is 19.2 Å². The maximum Gasteiger partial charge on any atom is 0.255 e. The molecule has 0 saturated carbocycles. The second-order valence-electron chi connectivity index (χ2n) is 10.2. The van der Waals surface area contributed by atoms with Crippen molar-refractivity contribution in [3.8, 4) is 5.75 Å². The lowest BCUT2D eigenvalue weighted by molar-refractivity contribution is -0.138. The first kappa shape index (κ1) is 30.0. The molecule has 0 bridgehead atoms. The molecule has 4 amide bonds. The first-order valence-corrected chi connectivity index (χ1v) is 14.1. The van der Waals surface area contributed by atoms with Crippen molar-refractivity contribution in [2.45, 2.75) is 25.4 Å². The Morgan fingerprint density at radius 1 is 1.00 bits per heavy atom. The Morgan fingerprint density at radius 3 is 2.49 bits per heavy atom. The van der Waals surface area contributed by atoms with Crippen molar-refractivity contribution >= 4 is 23.6 Å². The van der Waals surface area contributed by atoms with Gasteiger partial charge in [0.1, 0.15) is 18.4 Å². The van der Waals surface area contributed by atoms with Crippen molar-refractivity contribution in [1.82, 2.24) is 25.3 Å². The highest BCUT2D eigenvalue weighted by atomic mass is 16.5. The minimum Gasteiger partial charge on any atom is -0.491 e. The molecule has 11 heteroatoms. The van der Waals surface area contributed by atoms with Crippen LogP contribution < -0.4 is 15.4 Å². The lowest BCUT2D eigenvalue weighted by atomic mass is 10.1. The van der Waals surface area contributed by atoms with Crippen LogP contribution in [0.25, 0.3) is 0 Å². The van der Waals surface area contributed by atoms with Gasteiger partial charge in [0, 0.05) is 52.8 Å². The Bertz CT molecular complexity index is 1180. The summed E-state index contributed by atoms with van der Waals surface area (Å²) in [5.74, 6) is -0.909. The Balaban J connectivity index is 1.54. The Morgan fingerprint density at radius 2 is 1.73 bits per heavy atom. The molecule has 0 aliphatic carbocycles. The zero-order valence-electron chi connectivity index (χ0n) is 23.5. The number of piperazine rings is 1. The predicted molar refractivity (Wildman–Crippen MR) is 152 cm³/mol. The fourth-order valence-corrected chi connectivity index (χ4v) is 4.95. The topological polar surface area (TPSA) is 121 Å². The molecular formula is C30H39N5O6. The highest BCUT2D eigenvalue weighted by molar-refractivity contribution is 5.99. The maximum absolute atomic E-state index is 13.7. The number of fused-ring (bicyclic) bond motifs is 1. The Kier molecular flexibility index (Phi) is 11.1. The van der Waals surface area contributed by atoms with E-state index in [1.807, 2.05) is 30.3 Å². The summed E-state index contributed by atoms with van der Waals surface area (Å²) >= 11 is 0. The van der Waals surface area contributed by atoms with E-state index in [4.69, 9.17) is 9.47 Å². The molecule has 2 aliphatic rings. The molecule has 0 unspecified atom stereocenters. The first-order chi connectivity index (χ1) is 19.9. The van der Waals surface area contributed by atoms with Gasteiger partial charge in [-0.15, -0.1) is 0 Å². The lowest BCUT2D eigenvalue weighted by Crippen LogP contribution is -2.55. The predicted octanol–water partition coefficient (Wildman–Crippen LogP) is 0.893. The number of carbonyl (C=O) groups excluding carboxylic acids is 4. The highest BCUT2D eigenvalue weighted by Crippen LogP contribution is 2.19. The molecule has 41 heavy (non-hydrogen) atoms. The van der Waals surface area contributed by atoms with Gasteiger partial charge >= 0.3 is 0 Å². The van der Waals surface area contributed by atoms with Crippen molar-refractivity contribution in [3.63, 3.8) is 0 Å². The molecule has 2 aromatic carbocycles. The fourth-order valence-electron chi connectivity index (χ4n) is 4.95. The number of ether oxygens (including phenoxy) is 2. The summed E-state index contributed by atoms with van der Waals surface area (Å²) in [6.45, 7) is 4.31. The molecule has 2 heterocycles. The Labute approximate surface area is 240 Å². The normalized spacial score (nSPS) is 19.7. The van der Waals surface area contributed by atoms with E-state index in [0.717, 1.165) is 12.1 Å². The van der Waals surface area contributed by atoms with Crippen molar-refractivity contribution < 1.29 is 28.7 Å². The van der Waals surface area contributed by atoms with Gasteiger partial charge < -0.3 is 29.9 Å². The standard InChI is InChI=1S/C30H39N5O6/c1-40-20-18-33-14-16-34(17-15-33)30(39)25-11-12-28(37)35(21-23-7-3-2-4-8-23)22-27(36)31-13-19-41-26-10-6-5-9-24(26)29(38)32-25/h2-10,25H,11-22H2,1H3,(H,31,36)(H,32,38)/t25-/m0/s1. The molecule has 0 aromatic heterocycles. The molecule has 0 spiro atoms. The number of benzene rings is 2. The lowest BCUT2D eigenvalue weighted by Gasteiger charge is -2.36. The smallest absolute Gasteiger partial charge is 0.255 e. The van der Waals surface area contributed by atoms with Gasteiger partial charge in [0.05, 0.1) is 25.3 Å². The molecule has 1 saturated heterocycles. The van der Waals surface area contributed by atoms with Crippen LogP contribution >= 0.6 is 0 Å². The SMILES string of the molecule is COCCN1CCN(C(=O)[C@@H]2CCC(=O)N(Cc3ccccc3)CC(=O)NCCOc3ccccc3C(=O)N2)CC1. The van der Waals surface area contributed by atoms with Gasteiger partial charge in [-0.25, -0.2) is 0 Å². The number of methoxy groups -OCH3 is 1. The molecule has 220 valence electrons. The summed E-state index contributed by atoms with van der Waals surface area (Å²) in [6.07, 6.45) is 0.0893. The van der Waals surface area contributed by atoms with Gasteiger partial charge in [0.2, 0.25) is 17.7 Å². The maximum atomic E-state index is 13.7. The quantitative estimate of drug-likeness (QED) is 0.534. The van der Waals surface area contributed by atoms with Gasteiger partial charge in [0.25, 0.3) is 5.91 Å². The molecule has 0 radical (unpaired) electrons. The van der Waals surface area contributed by atoms with Crippen LogP contribution in [0.2, 0.25) is 0 Å². The summed E-state index contributed by atoms with van der Waals surface area (Å²) < 4.78 is 11.0.